The SMILES string of the molecule is CCCCCCCCCCCCCCCC(=O)NN=Cc1coc2ccccc2c1=O. The third-order valence-corrected chi connectivity index (χ3v) is 5.61. The lowest BCUT2D eigenvalue weighted by Gasteiger charge is -2.03. The van der Waals surface area contributed by atoms with Gasteiger partial charge in [0.05, 0.1) is 17.2 Å². The number of nitrogens with zero attached hydrogens (tertiary/aromatic N) is 1. The van der Waals surface area contributed by atoms with Crippen LogP contribution >= 0.6 is 0 Å². The number of unbranched alkanes of at least 4 members (excludes halogenated alkanes) is 12. The van der Waals surface area contributed by atoms with Gasteiger partial charge >= 0.3 is 0 Å². The smallest absolute Gasteiger partial charge is 0.240 e. The molecule has 0 saturated heterocycles. The summed E-state index contributed by atoms with van der Waals surface area (Å²) in [5.41, 5.74) is 3.20. The molecular formula is C26H38N2O3. The number of nitrogens with one attached hydrogen (secondary N) is 1. The van der Waals surface area contributed by atoms with Crippen LogP contribution in [-0.4, -0.2) is 12.1 Å². The number of fused-ring (bicyclic) bond motifs is 1. The van der Waals surface area contributed by atoms with Crippen molar-refractivity contribution in [3.05, 3.63) is 46.3 Å². The predicted molar refractivity (Wildman–Crippen MR) is 129 cm³/mol. The van der Waals surface area contributed by atoms with E-state index in [0.717, 1.165) is 12.8 Å². The van der Waals surface area contributed by atoms with Gasteiger partial charge < -0.3 is 4.42 Å². The molecule has 0 radical (unpaired) electrons. The average molecular weight is 427 g/mol. The molecule has 0 unspecified atom stereocenters. The van der Waals surface area contributed by atoms with Crippen molar-refractivity contribution in [1.29, 1.82) is 0 Å². The molecule has 0 aliphatic rings. The van der Waals surface area contributed by atoms with E-state index in [0.29, 0.717) is 23.0 Å². The number of hydrogen-bond donors (Lipinski definition) is 1. The Morgan fingerprint density at radius 2 is 1.48 bits per heavy atom. The fourth-order valence-corrected chi connectivity index (χ4v) is 3.72. The summed E-state index contributed by atoms with van der Waals surface area (Å²) in [6.45, 7) is 2.26. The minimum Gasteiger partial charge on any atom is -0.463 e. The first-order chi connectivity index (χ1) is 15.2. The summed E-state index contributed by atoms with van der Waals surface area (Å²) in [6.07, 6.45) is 19.8. The van der Waals surface area contributed by atoms with Crippen LogP contribution in [0.25, 0.3) is 11.0 Å². The van der Waals surface area contributed by atoms with Crippen molar-refractivity contribution in [3.63, 3.8) is 0 Å². The fourth-order valence-electron chi connectivity index (χ4n) is 3.72. The molecule has 1 N–H and O–H groups in total. The Labute approximate surface area is 186 Å². The van der Waals surface area contributed by atoms with E-state index in [2.05, 4.69) is 17.5 Å². The molecule has 0 aliphatic heterocycles. The van der Waals surface area contributed by atoms with Gasteiger partial charge in [-0.25, -0.2) is 5.43 Å². The van der Waals surface area contributed by atoms with E-state index in [-0.39, 0.29) is 11.3 Å². The highest BCUT2D eigenvalue weighted by Crippen LogP contribution is 2.13. The van der Waals surface area contributed by atoms with Crippen molar-refractivity contribution < 1.29 is 9.21 Å². The van der Waals surface area contributed by atoms with Crippen molar-refractivity contribution in [2.24, 2.45) is 5.10 Å². The number of amides is 1. The van der Waals surface area contributed by atoms with Gasteiger partial charge in [0, 0.05) is 6.42 Å². The van der Waals surface area contributed by atoms with E-state index in [1.165, 1.54) is 83.1 Å². The fraction of sp³-hybridized carbons (Fsp3) is 0.577. The van der Waals surface area contributed by atoms with Crippen molar-refractivity contribution in [2.75, 3.05) is 0 Å². The van der Waals surface area contributed by atoms with Gasteiger partial charge in [-0.1, -0.05) is 96.1 Å². The summed E-state index contributed by atoms with van der Waals surface area (Å²) in [4.78, 5) is 24.3. The van der Waals surface area contributed by atoms with Crippen LogP contribution in [0.4, 0.5) is 0 Å². The lowest BCUT2D eigenvalue weighted by Crippen LogP contribution is -2.18. The highest BCUT2D eigenvalue weighted by atomic mass is 16.3. The summed E-state index contributed by atoms with van der Waals surface area (Å²) in [5, 5.41) is 4.41. The molecule has 0 bridgehead atoms. The highest BCUT2D eigenvalue weighted by Gasteiger charge is 2.05. The normalized spacial score (nSPS) is 11.4. The van der Waals surface area contributed by atoms with Crippen molar-refractivity contribution in [3.8, 4) is 0 Å². The lowest BCUT2D eigenvalue weighted by atomic mass is 10.0. The maximum absolute atomic E-state index is 12.3. The molecule has 2 aromatic rings. The molecule has 5 nitrogen and oxygen atoms in total. The van der Waals surface area contributed by atoms with Gasteiger partial charge in [-0.05, 0) is 18.6 Å². The van der Waals surface area contributed by atoms with Crippen LogP contribution in [0, 0.1) is 0 Å². The molecule has 31 heavy (non-hydrogen) atoms. The van der Waals surface area contributed by atoms with E-state index in [4.69, 9.17) is 4.42 Å². The molecule has 0 saturated carbocycles. The van der Waals surface area contributed by atoms with E-state index < -0.39 is 0 Å². The predicted octanol–water partition coefficient (Wildman–Crippen LogP) is 6.72. The minimum atomic E-state index is -0.156. The Balaban J connectivity index is 1.49. The third-order valence-electron chi connectivity index (χ3n) is 5.61. The van der Waals surface area contributed by atoms with Gasteiger partial charge in [-0.3, -0.25) is 9.59 Å². The summed E-state index contributed by atoms with van der Waals surface area (Å²) in [5.74, 6) is -0.121. The molecule has 0 fully saturated rings. The molecule has 2 rings (SSSR count). The van der Waals surface area contributed by atoms with E-state index in [9.17, 15) is 9.59 Å². The quantitative estimate of drug-likeness (QED) is 0.184. The van der Waals surface area contributed by atoms with E-state index in [1.807, 2.05) is 6.07 Å². The topological polar surface area (TPSA) is 71.7 Å². The summed E-state index contributed by atoms with van der Waals surface area (Å²) in [7, 11) is 0. The molecule has 0 aliphatic carbocycles. The molecular weight excluding hydrogens is 388 g/mol. The van der Waals surface area contributed by atoms with Crippen LogP contribution in [0.2, 0.25) is 0 Å². The first-order valence-electron chi connectivity index (χ1n) is 12.0. The molecule has 1 amide bonds. The Bertz CT molecular complexity index is 857. The number of carbonyl (C=O) groups is 1. The first kappa shape index (κ1) is 24.8. The maximum atomic E-state index is 12.3. The van der Waals surface area contributed by atoms with E-state index in [1.54, 1.807) is 18.2 Å². The number of benzene rings is 1. The number of rotatable bonds is 16. The van der Waals surface area contributed by atoms with Crippen molar-refractivity contribution in [1.82, 2.24) is 5.43 Å². The average Bonchev–Trinajstić information content (AvgIpc) is 2.78. The number of hydrazone groups is 1. The van der Waals surface area contributed by atoms with Crippen molar-refractivity contribution >= 4 is 23.1 Å². The van der Waals surface area contributed by atoms with Gasteiger partial charge in [-0.2, -0.15) is 5.10 Å². The molecule has 1 heterocycles. The Morgan fingerprint density at radius 1 is 0.903 bits per heavy atom. The Morgan fingerprint density at radius 3 is 2.13 bits per heavy atom. The van der Waals surface area contributed by atoms with Crippen LogP contribution in [-0.2, 0) is 4.79 Å². The largest absolute Gasteiger partial charge is 0.463 e. The number of carbonyl (C=O) groups excluding carboxylic acids is 1. The van der Waals surface area contributed by atoms with Crippen LogP contribution in [0.15, 0.2) is 44.8 Å². The summed E-state index contributed by atoms with van der Waals surface area (Å²) >= 11 is 0. The summed E-state index contributed by atoms with van der Waals surface area (Å²) < 4.78 is 5.43. The van der Waals surface area contributed by atoms with Crippen LogP contribution in [0.1, 0.15) is 102 Å². The van der Waals surface area contributed by atoms with Gasteiger partial charge in [-0.15, -0.1) is 0 Å². The number of hydrogen-bond acceptors (Lipinski definition) is 4. The molecule has 0 atom stereocenters. The van der Waals surface area contributed by atoms with Crippen LogP contribution in [0.5, 0.6) is 0 Å². The zero-order chi connectivity index (χ0) is 22.2. The highest BCUT2D eigenvalue weighted by molar-refractivity contribution is 5.87. The Kier molecular flexibility index (Phi) is 12.3. The molecule has 1 aromatic carbocycles. The second-order valence-corrected chi connectivity index (χ2v) is 8.30. The second-order valence-electron chi connectivity index (χ2n) is 8.30. The second kappa shape index (κ2) is 15.4. The monoisotopic (exact) mass is 426 g/mol. The molecule has 0 spiro atoms. The van der Waals surface area contributed by atoms with Gasteiger partial charge in [0.25, 0.3) is 0 Å². The van der Waals surface area contributed by atoms with Gasteiger partial charge in [0.2, 0.25) is 11.3 Å². The summed E-state index contributed by atoms with van der Waals surface area (Å²) in [6, 6.07) is 7.06. The van der Waals surface area contributed by atoms with Gasteiger partial charge in [0.15, 0.2) is 0 Å². The lowest BCUT2D eigenvalue weighted by molar-refractivity contribution is -0.121. The van der Waals surface area contributed by atoms with E-state index >= 15 is 0 Å². The number of para-hydroxylation sites is 1. The first-order valence-corrected chi connectivity index (χ1v) is 12.0. The Hall–Kier alpha value is -2.43. The van der Waals surface area contributed by atoms with Crippen LogP contribution < -0.4 is 10.9 Å². The standard InChI is InChI=1S/C26H38N2O3/c1-2-3-4-5-6-7-8-9-10-11-12-13-14-19-25(29)28-27-20-22-21-31-24-18-16-15-17-23(24)26(22)30/h15-18,20-21H,2-14,19H2,1H3,(H,28,29). The zero-order valence-electron chi connectivity index (χ0n) is 19.0. The van der Waals surface area contributed by atoms with Crippen LogP contribution in [0.3, 0.4) is 0 Å². The minimum absolute atomic E-state index is 0.121. The zero-order valence-corrected chi connectivity index (χ0v) is 19.0. The molecule has 170 valence electrons. The third kappa shape index (κ3) is 9.95. The molecule has 1 aromatic heterocycles. The van der Waals surface area contributed by atoms with Gasteiger partial charge in [0.1, 0.15) is 11.8 Å². The molecule has 5 heteroatoms. The van der Waals surface area contributed by atoms with Crippen molar-refractivity contribution in [2.45, 2.75) is 96.8 Å². The maximum Gasteiger partial charge on any atom is 0.240 e.